The summed E-state index contributed by atoms with van der Waals surface area (Å²) in [6.45, 7) is 0. The van der Waals surface area contributed by atoms with E-state index in [1.807, 2.05) is 48.5 Å². The molecule has 0 saturated heterocycles. The van der Waals surface area contributed by atoms with E-state index in [-0.39, 0.29) is 11.2 Å². The van der Waals surface area contributed by atoms with Gasteiger partial charge in [0.1, 0.15) is 5.52 Å². The number of aromatic nitrogens is 3. The minimum Gasteiger partial charge on any atom is -0.319 e. The lowest BCUT2D eigenvalue weighted by Gasteiger charge is -2.02. The predicted octanol–water partition coefficient (Wildman–Crippen LogP) is 2.14. The van der Waals surface area contributed by atoms with Crippen LogP contribution >= 0.6 is 0 Å². The number of H-pyrrole nitrogens is 2. The van der Waals surface area contributed by atoms with Crippen LogP contribution < -0.4 is 11.2 Å². The number of imidazole rings is 1. The van der Waals surface area contributed by atoms with E-state index in [0.29, 0.717) is 22.2 Å². The van der Waals surface area contributed by atoms with Gasteiger partial charge in [0.2, 0.25) is 0 Å². The molecule has 0 atom stereocenters. The van der Waals surface area contributed by atoms with Crippen molar-refractivity contribution in [1.29, 1.82) is 0 Å². The number of hydrogen-bond acceptors (Lipinski definition) is 2. The average Bonchev–Trinajstić information content (AvgIpc) is 2.87. The number of hydrogen-bond donors (Lipinski definition) is 2. The van der Waals surface area contributed by atoms with Gasteiger partial charge in [0.25, 0.3) is 5.56 Å². The molecule has 0 aliphatic rings. The summed E-state index contributed by atoms with van der Waals surface area (Å²) in [6, 6.07) is 16.6. The van der Waals surface area contributed by atoms with Crippen molar-refractivity contribution in [2.24, 2.45) is 0 Å². The highest BCUT2D eigenvalue weighted by molar-refractivity contribution is 5.84. The molecule has 21 heavy (non-hydrogen) atoms. The number of fused-ring (bicyclic) bond motifs is 3. The molecular weight excluding hydrogens is 266 g/mol. The van der Waals surface area contributed by atoms with Gasteiger partial charge in [-0.2, -0.15) is 0 Å². The Bertz CT molecular complexity index is 1070. The molecule has 0 aliphatic heterocycles. The molecule has 2 heterocycles. The molecule has 0 bridgehead atoms. The third kappa shape index (κ3) is 1.64. The van der Waals surface area contributed by atoms with Crippen LogP contribution in [0.5, 0.6) is 0 Å². The Balaban J connectivity index is 2.25. The van der Waals surface area contributed by atoms with Gasteiger partial charge in [-0.3, -0.25) is 9.20 Å². The van der Waals surface area contributed by atoms with Gasteiger partial charge < -0.3 is 9.97 Å². The highest BCUT2D eigenvalue weighted by Crippen LogP contribution is 2.20. The molecule has 5 nitrogen and oxygen atoms in total. The maximum Gasteiger partial charge on any atom is 0.331 e. The summed E-state index contributed by atoms with van der Waals surface area (Å²) in [6.07, 6.45) is 0. The van der Waals surface area contributed by atoms with E-state index in [1.165, 1.54) is 4.40 Å². The van der Waals surface area contributed by atoms with Gasteiger partial charge in [0, 0.05) is 5.56 Å². The highest BCUT2D eigenvalue weighted by atomic mass is 16.1. The first-order valence-corrected chi connectivity index (χ1v) is 6.57. The molecule has 0 fully saturated rings. The summed E-state index contributed by atoms with van der Waals surface area (Å²) >= 11 is 0. The van der Waals surface area contributed by atoms with Gasteiger partial charge in [0.15, 0.2) is 0 Å². The van der Waals surface area contributed by atoms with E-state index in [1.54, 1.807) is 6.07 Å². The van der Waals surface area contributed by atoms with E-state index >= 15 is 0 Å². The van der Waals surface area contributed by atoms with Crippen LogP contribution in [-0.4, -0.2) is 14.4 Å². The second kappa shape index (κ2) is 4.21. The number of nitrogens with zero attached hydrogens (tertiary/aromatic N) is 1. The third-order valence-corrected chi connectivity index (χ3v) is 3.57. The van der Waals surface area contributed by atoms with Gasteiger partial charge in [0.05, 0.1) is 16.7 Å². The molecule has 4 rings (SSSR count). The van der Waals surface area contributed by atoms with E-state index in [0.717, 1.165) is 5.56 Å². The largest absolute Gasteiger partial charge is 0.331 e. The van der Waals surface area contributed by atoms with Crippen molar-refractivity contribution in [3.63, 3.8) is 0 Å². The zero-order valence-corrected chi connectivity index (χ0v) is 11.0. The number of para-hydroxylation sites is 2. The molecule has 2 N–H and O–H groups in total. The van der Waals surface area contributed by atoms with Crippen LogP contribution in [0.4, 0.5) is 0 Å². The van der Waals surface area contributed by atoms with Crippen LogP contribution in [0.15, 0.2) is 64.2 Å². The normalized spacial score (nSPS) is 11.2. The Morgan fingerprint density at radius 2 is 1.52 bits per heavy atom. The standard InChI is InChI=1S/C16H11N3O2/c20-15-14-13(10-6-2-1-3-7-10)18-16(21)19(14)12-9-5-4-8-11(12)17-15/h1-9H,(H,17,20)(H,18,21). The van der Waals surface area contributed by atoms with Crippen molar-refractivity contribution in [2.75, 3.05) is 0 Å². The molecular formula is C16H11N3O2. The van der Waals surface area contributed by atoms with Crippen molar-refractivity contribution in [3.8, 4) is 11.3 Å². The van der Waals surface area contributed by atoms with Crippen LogP contribution in [0.1, 0.15) is 0 Å². The summed E-state index contributed by atoms with van der Waals surface area (Å²) in [5.41, 5.74) is 2.39. The SMILES string of the molecule is O=c1[nH]c2ccccc2n2c(=O)[nH]c(-c3ccccc3)c12. The van der Waals surface area contributed by atoms with Crippen molar-refractivity contribution in [2.45, 2.75) is 0 Å². The highest BCUT2D eigenvalue weighted by Gasteiger charge is 2.15. The molecule has 0 spiro atoms. The molecule has 0 unspecified atom stereocenters. The Labute approximate surface area is 118 Å². The fourth-order valence-corrected chi connectivity index (χ4v) is 2.65. The molecule has 0 aliphatic carbocycles. The minimum atomic E-state index is -0.314. The van der Waals surface area contributed by atoms with Crippen LogP contribution in [0.3, 0.4) is 0 Å². The molecule has 2 aromatic carbocycles. The summed E-state index contributed by atoms with van der Waals surface area (Å²) in [4.78, 5) is 30.3. The van der Waals surface area contributed by atoms with Crippen molar-refractivity contribution < 1.29 is 0 Å². The zero-order valence-electron chi connectivity index (χ0n) is 11.0. The number of rotatable bonds is 1. The first kappa shape index (κ1) is 11.7. The molecule has 4 aromatic rings. The summed E-state index contributed by atoms with van der Waals surface area (Å²) in [7, 11) is 0. The van der Waals surface area contributed by atoms with E-state index in [4.69, 9.17) is 0 Å². The van der Waals surface area contributed by atoms with E-state index in [9.17, 15) is 9.59 Å². The summed E-state index contributed by atoms with van der Waals surface area (Å²) in [5.74, 6) is 0. The fourth-order valence-electron chi connectivity index (χ4n) is 2.65. The Kier molecular flexibility index (Phi) is 2.35. The third-order valence-electron chi connectivity index (χ3n) is 3.57. The van der Waals surface area contributed by atoms with E-state index < -0.39 is 0 Å². The second-order valence-corrected chi connectivity index (χ2v) is 4.83. The maximum absolute atomic E-state index is 12.4. The van der Waals surface area contributed by atoms with Crippen LogP contribution in [0.25, 0.3) is 27.8 Å². The maximum atomic E-state index is 12.4. The molecule has 0 amide bonds. The van der Waals surface area contributed by atoms with Crippen molar-refractivity contribution >= 4 is 16.6 Å². The summed E-state index contributed by atoms with van der Waals surface area (Å²) < 4.78 is 1.43. The molecule has 5 heteroatoms. The topological polar surface area (TPSA) is 70.1 Å². The zero-order chi connectivity index (χ0) is 14.4. The van der Waals surface area contributed by atoms with Crippen LogP contribution in [-0.2, 0) is 0 Å². The molecule has 0 saturated carbocycles. The summed E-state index contributed by atoms with van der Waals surface area (Å²) in [5, 5.41) is 0. The van der Waals surface area contributed by atoms with E-state index in [2.05, 4.69) is 9.97 Å². The van der Waals surface area contributed by atoms with Gasteiger partial charge in [-0.1, -0.05) is 42.5 Å². The first-order valence-electron chi connectivity index (χ1n) is 6.57. The monoisotopic (exact) mass is 277 g/mol. The van der Waals surface area contributed by atoms with Gasteiger partial charge >= 0.3 is 5.69 Å². The molecule has 2 aromatic heterocycles. The lowest BCUT2D eigenvalue weighted by Crippen LogP contribution is -2.16. The second-order valence-electron chi connectivity index (χ2n) is 4.83. The quantitative estimate of drug-likeness (QED) is 0.559. The van der Waals surface area contributed by atoms with Crippen molar-refractivity contribution in [1.82, 2.24) is 14.4 Å². The Morgan fingerprint density at radius 1 is 0.810 bits per heavy atom. The molecule has 102 valence electrons. The number of benzene rings is 2. The van der Waals surface area contributed by atoms with Gasteiger partial charge in [-0.05, 0) is 12.1 Å². The van der Waals surface area contributed by atoms with Crippen molar-refractivity contribution in [3.05, 3.63) is 75.4 Å². The Hall–Kier alpha value is -3.08. The predicted molar refractivity (Wildman–Crippen MR) is 81.6 cm³/mol. The van der Waals surface area contributed by atoms with Crippen LogP contribution in [0.2, 0.25) is 0 Å². The first-order chi connectivity index (χ1) is 10.3. The lowest BCUT2D eigenvalue weighted by molar-refractivity contribution is 1.09. The number of nitrogens with one attached hydrogen (secondary N) is 2. The minimum absolute atomic E-state index is 0.286. The average molecular weight is 277 g/mol. The smallest absolute Gasteiger partial charge is 0.319 e. The Morgan fingerprint density at radius 3 is 2.33 bits per heavy atom. The van der Waals surface area contributed by atoms with Crippen LogP contribution in [0, 0.1) is 0 Å². The van der Waals surface area contributed by atoms with Gasteiger partial charge in [-0.15, -0.1) is 0 Å². The fraction of sp³-hybridized carbons (Fsp3) is 0. The number of aromatic amines is 2. The van der Waals surface area contributed by atoms with Gasteiger partial charge in [-0.25, -0.2) is 4.79 Å². The molecule has 0 radical (unpaired) electrons. The lowest BCUT2D eigenvalue weighted by atomic mass is 10.1.